The van der Waals surface area contributed by atoms with Crippen molar-refractivity contribution < 1.29 is 9.34 Å². The van der Waals surface area contributed by atoms with E-state index in [1.165, 1.54) is 12.1 Å². The SMILES string of the molecule is CC(C)c1ccc(-c2cccc([N+](=O)[O-])c2)o1. The highest BCUT2D eigenvalue weighted by Crippen LogP contribution is 2.28. The van der Waals surface area contributed by atoms with E-state index in [1.54, 1.807) is 12.1 Å². The molecule has 0 unspecified atom stereocenters. The van der Waals surface area contributed by atoms with Gasteiger partial charge in [0.05, 0.1) is 4.92 Å². The highest BCUT2D eigenvalue weighted by molar-refractivity contribution is 5.61. The molecule has 4 heteroatoms. The number of hydrogen-bond acceptors (Lipinski definition) is 3. The topological polar surface area (TPSA) is 56.3 Å². The maximum absolute atomic E-state index is 10.7. The Hall–Kier alpha value is -2.10. The van der Waals surface area contributed by atoms with Crippen LogP contribution < -0.4 is 0 Å². The number of non-ortho nitro benzene ring substituents is 1. The van der Waals surface area contributed by atoms with Crippen molar-refractivity contribution in [2.75, 3.05) is 0 Å². The predicted molar refractivity (Wildman–Crippen MR) is 64.9 cm³/mol. The van der Waals surface area contributed by atoms with Crippen LogP contribution in [0.4, 0.5) is 5.69 Å². The van der Waals surface area contributed by atoms with Crippen molar-refractivity contribution >= 4 is 5.69 Å². The third-order valence-electron chi connectivity index (χ3n) is 2.54. The fraction of sp³-hybridized carbons (Fsp3) is 0.231. The van der Waals surface area contributed by atoms with Crippen molar-refractivity contribution in [2.24, 2.45) is 0 Å². The molecule has 0 spiro atoms. The molecule has 0 saturated heterocycles. The lowest BCUT2D eigenvalue weighted by molar-refractivity contribution is -0.384. The minimum atomic E-state index is -0.407. The van der Waals surface area contributed by atoms with Crippen LogP contribution in [-0.2, 0) is 0 Å². The molecule has 4 nitrogen and oxygen atoms in total. The molecule has 1 heterocycles. The summed E-state index contributed by atoms with van der Waals surface area (Å²) < 4.78 is 5.64. The first-order chi connectivity index (χ1) is 8.08. The van der Waals surface area contributed by atoms with Gasteiger partial charge in [-0.2, -0.15) is 0 Å². The number of benzene rings is 1. The third kappa shape index (κ3) is 2.36. The van der Waals surface area contributed by atoms with E-state index in [2.05, 4.69) is 0 Å². The summed E-state index contributed by atoms with van der Waals surface area (Å²) in [5.41, 5.74) is 0.802. The molecule has 1 aromatic carbocycles. The Morgan fingerprint density at radius 2 is 2.00 bits per heavy atom. The number of nitrogens with zero attached hydrogens (tertiary/aromatic N) is 1. The molecule has 0 aliphatic heterocycles. The number of hydrogen-bond donors (Lipinski definition) is 0. The predicted octanol–water partition coefficient (Wildman–Crippen LogP) is 3.98. The zero-order chi connectivity index (χ0) is 12.4. The van der Waals surface area contributed by atoms with Crippen molar-refractivity contribution in [3.63, 3.8) is 0 Å². The second-order valence-corrected chi connectivity index (χ2v) is 4.16. The van der Waals surface area contributed by atoms with Crippen LogP contribution >= 0.6 is 0 Å². The van der Waals surface area contributed by atoms with Crippen LogP contribution in [0.3, 0.4) is 0 Å². The van der Waals surface area contributed by atoms with Gasteiger partial charge < -0.3 is 4.42 Å². The number of nitro groups is 1. The molecule has 0 fully saturated rings. The minimum Gasteiger partial charge on any atom is -0.461 e. The van der Waals surface area contributed by atoms with Crippen molar-refractivity contribution in [1.29, 1.82) is 0 Å². The fourth-order valence-corrected chi connectivity index (χ4v) is 1.59. The fourth-order valence-electron chi connectivity index (χ4n) is 1.59. The van der Waals surface area contributed by atoms with Crippen molar-refractivity contribution in [2.45, 2.75) is 19.8 Å². The molecule has 88 valence electrons. The van der Waals surface area contributed by atoms with Crippen LogP contribution in [0.1, 0.15) is 25.5 Å². The molecule has 0 bridgehead atoms. The van der Waals surface area contributed by atoms with E-state index in [0.717, 1.165) is 11.3 Å². The molecule has 0 aliphatic carbocycles. The Balaban J connectivity index is 2.38. The van der Waals surface area contributed by atoms with Crippen molar-refractivity contribution in [1.82, 2.24) is 0 Å². The Labute approximate surface area is 99.0 Å². The lowest BCUT2D eigenvalue weighted by Crippen LogP contribution is -1.87. The van der Waals surface area contributed by atoms with Gasteiger partial charge in [-0.15, -0.1) is 0 Å². The Kier molecular flexibility index (Phi) is 2.95. The largest absolute Gasteiger partial charge is 0.461 e. The van der Waals surface area contributed by atoms with Gasteiger partial charge in [-0.1, -0.05) is 26.0 Å². The Bertz CT molecular complexity index is 543. The molecule has 0 radical (unpaired) electrons. The monoisotopic (exact) mass is 231 g/mol. The lowest BCUT2D eigenvalue weighted by Gasteiger charge is -2.00. The molecule has 0 aliphatic rings. The summed E-state index contributed by atoms with van der Waals surface area (Å²) in [4.78, 5) is 10.3. The van der Waals surface area contributed by atoms with Gasteiger partial charge in [0.1, 0.15) is 11.5 Å². The first-order valence-corrected chi connectivity index (χ1v) is 5.42. The molecule has 17 heavy (non-hydrogen) atoms. The second kappa shape index (κ2) is 4.41. The van der Waals surface area contributed by atoms with Gasteiger partial charge in [0.25, 0.3) is 5.69 Å². The summed E-state index contributed by atoms with van der Waals surface area (Å²) in [6.45, 7) is 4.08. The molecular formula is C13H13NO3. The molecule has 0 atom stereocenters. The van der Waals surface area contributed by atoms with Crippen molar-refractivity contribution in [3.05, 3.63) is 52.3 Å². The van der Waals surface area contributed by atoms with Gasteiger partial charge >= 0.3 is 0 Å². The van der Waals surface area contributed by atoms with E-state index in [-0.39, 0.29) is 5.69 Å². The maximum atomic E-state index is 10.7. The van der Waals surface area contributed by atoms with Gasteiger partial charge in [-0.05, 0) is 12.1 Å². The second-order valence-electron chi connectivity index (χ2n) is 4.16. The van der Waals surface area contributed by atoms with Gasteiger partial charge in [0.15, 0.2) is 0 Å². The van der Waals surface area contributed by atoms with Gasteiger partial charge in [0.2, 0.25) is 0 Å². The zero-order valence-corrected chi connectivity index (χ0v) is 9.71. The average Bonchev–Trinajstić information content (AvgIpc) is 2.78. The summed E-state index contributed by atoms with van der Waals surface area (Å²) in [5.74, 6) is 1.85. The smallest absolute Gasteiger partial charge is 0.270 e. The van der Waals surface area contributed by atoms with E-state index >= 15 is 0 Å². The normalized spacial score (nSPS) is 10.8. The van der Waals surface area contributed by atoms with Gasteiger partial charge in [0, 0.05) is 23.6 Å². The Morgan fingerprint density at radius 3 is 2.59 bits per heavy atom. The van der Waals surface area contributed by atoms with Crippen LogP contribution in [0.5, 0.6) is 0 Å². The van der Waals surface area contributed by atoms with E-state index in [1.807, 2.05) is 26.0 Å². The van der Waals surface area contributed by atoms with Crippen LogP contribution in [0.2, 0.25) is 0 Å². The molecule has 1 aromatic heterocycles. The number of rotatable bonds is 3. The number of furan rings is 1. The molecule has 0 N–H and O–H groups in total. The van der Waals surface area contributed by atoms with E-state index in [0.29, 0.717) is 11.7 Å². The standard InChI is InChI=1S/C13H13NO3/c1-9(2)12-6-7-13(17-12)10-4-3-5-11(8-10)14(15)16/h3-9H,1-2H3. The summed E-state index contributed by atoms with van der Waals surface area (Å²) in [7, 11) is 0. The summed E-state index contributed by atoms with van der Waals surface area (Å²) >= 11 is 0. The van der Waals surface area contributed by atoms with Crippen LogP contribution in [0, 0.1) is 10.1 Å². The zero-order valence-electron chi connectivity index (χ0n) is 9.71. The van der Waals surface area contributed by atoms with E-state index in [4.69, 9.17) is 4.42 Å². The minimum absolute atomic E-state index is 0.0741. The molecule has 2 aromatic rings. The van der Waals surface area contributed by atoms with Crippen LogP contribution in [0.15, 0.2) is 40.8 Å². The summed E-state index contributed by atoms with van der Waals surface area (Å²) in [5, 5.41) is 10.7. The molecule has 0 amide bonds. The molecular weight excluding hydrogens is 218 g/mol. The summed E-state index contributed by atoms with van der Waals surface area (Å²) in [6, 6.07) is 10.2. The van der Waals surface area contributed by atoms with E-state index < -0.39 is 4.92 Å². The Morgan fingerprint density at radius 1 is 1.24 bits per heavy atom. The van der Waals surface area contributed by atoms with Gasteiger partial charge in [-0.3, -0.25) is 10.1 Å². The number of nitro benzene ring substituents is 1. The summed E-state index contributed by atoms with van der Waals surface area (Å²) in [6.07, 6.45) is 0. The third-order valence-corrected chi connectivity index (χ3v) is 2.54. The average molecular weight is 231 g/mol. The van der Waals surface area contributed by atoms with Gasteiger partial charge in [-0.25, -0.2) is 0 Å². The van der Waals surface area contributed by atoms with Crippen LogP contribution in [0.25, 0.3) is 11.3 Å². The highest BCUT2D eigenvalue weighted by atomic mass is 16.6. The van der Waals surface area contributed by atoms with Crippen molar-refractivity contribution in [3.8, 4) is 11.3 Å². The van der Waals surface area contributed by atoms with Crippen LogP contribution in [-0.4, -0.2) is 4.92 Å². The molecule has 2 rings (SSSR count). The first kappa shape index (κ1) is 11.4. The first-order valence-electron chi connectivity index (χ1n) is 5.42. The highest BCUT2D eigenvalue weighted by Gasteiger charge is 2.11. The maximum Gasteiger partial charge on any atom is 0.270 e. The lowest BCUT2D eigenvalue weighted by atomic mass is 10.1. The quantitative estimate of drug-likeness (QED) is 0.593. The van der Waals surface area contributed by atoms with E-state index in [9.17, 15) is 10.1 Å². The molecule has 0 saturated carbocycles.